The predicted octanol–water partition coefficient (Wildman–Crippen LogP) is 3.13. The molecular formula is C19H26N4O3. The normalized spacial score (nSPS) is 10.5. The Bertz CT molecular complexity index is 717. The second-order valence-corrected chi connectivity index (χ2v) is 6.33. The Morgan fingerprint density at radius 2 is 1.73 bits per heavy atom. The molecule has 0 aliphatic carbocycles. The van der Waals surface area contributed by atoms with Crippen molar-refractivity contribution in [2.45, 2.75) is 26.7 Å². The van der Waals surface area contributed by atoms with Crippen LogP contribution < -0.4 is 20.1 Å². The first-order chi connectivity index (χ1) is 12.5. The van der Waals surface area contributed by atoms with E-state index in [2.05, 4.69) is 34.7 Å². The summed E-state index contributed by atoms with van der Waals surface area (Å²) in [5, 5.41) is 14.1. The van der Waals surface area contributed by atoms with Crippen LogP contribution in [0.25, 0.3) is 0 Å². The molecule has 0 atom stereocenters. The average Bonchev–Trinajstić information content (AvgIpc) is 2.62. The SMILES string of the molecule is COc1ccc(CC(=O)Nc2ccc(NCCC(C)C)nn2)cc1OC. The molecule has 0 aliphatic rings. The topological polar surface area (TPSA) is 85.4 Å². The van der Waals surface area contributed by atoms with Gasteiger partial charge in [0.2, 0.25) is 5.91 Å². The number of nitrogens with zero attached hydrogens (tertiary/aromatic N) is 2. The monoisotopic (exact) mass is 358 g/mol. The van der Waals surface area contributed by atoms with E-state index >= 15 is 0 Å². The quantitative estimate of drug-likeness (QED) is 0.716. The van der Waals surface area contributed by atoms with Gasteiger partial charge in [0.15, 0.2) is 17.3 Å². The molecule has 2 aromatic rings. The van der Waals surface area contributed by atoms with Gasteiger partial charge in [0.25, 0.3) is 0 Å². The molecule has 7 heteroatoms. The van der Waals surface area contributed by atoms with Gasteiger partial charge in [0, 0.05) is 6.54 Å². The van der Waals surface area contributed by atoms with Crippen molar-refractivity contribution in [2.24, 2.45) is 5.92 Å². The summed E-state index contributed by atoms with van der Waals surface area (Å²) in [6, 6.07) is 8.93. The van der Waals surface area contributed by atoms with Crippen molar-refractivity contribution in [3.05, 3.63) is 35.9 Å². The lowest BCUT2D eigenvalue weighted by molar-refractivity contribution is -0.115. The van der Waals surface area contributed by atoms with Crippen LogP contribution in [0.5, 0.6) is 11.5 Å². The Morgan fingerprint density at radius 1 is 1.04 bits per heavy atom. The van der Waals surface area contributed by atoms with Crippen LogP contribution in [0, 0.1) is 5.92 Å². The molecule has 7 nitrogen and oxygen atoms in total. The van der Waals surface area contributed by atoms with E-state index in [0.717, 1.165) is 18.5 Å². The zero-order chi connectivity index (χ0) is 18.9. The lowest BCUT2D eigenvalue weighted by Crippen LogP contribution is -2.16. The summed E-state index contributed by atoms with van der Waals surface area (Å²) < 4.78 is 10.4. The van der Waals surface area contributed by atoms with Crippen molar-refractivity contribution in [1.29, 1.82) is 0 Å². The van der Waals surface area contributed by atoms with Crippen LogP contribution in [0.4, 0.5) is 11.6 Å². The minimum atomic E-state index is -0.174. The fourth-order valence-electron chi connectivity index (χ4n) is 2.35. The molecule has 26 heavy (non-hydrogen) atoms. The van der Waals surface area contributed by atoms with Gasteiger partial charge in [-0.3, -0.25) is 4.79 Å². The number of carbonyl (C=O) groups is 1. The molecular weight excluding hydrogens is 332 g/mol. The van der Waals surface area contributed by atoms with E-state index in [1.807, 2.05) is 6.07 Å². The number of ether oxygens (including phenoxy) is 2. The van der Waals surface area contributed by atoms with Gasteiger partial charge in [-0.1, -0.05) is 19.9 Å². The zero-order valence-electron chi connectivity index (χ0n) is 15.7. The van der Waals surface area contributed by atoms with Crippen LogP contribution in [-0.2, 0) is 11.2 Å². The highest BCUT2D eigenvalue weighted by Crippen LogP contribution is 2.27. The van der Waals surface area contributed by atoms with Crippen molar-refractivity contribution >= 4 is 17.5 Å². The second kappa shape index (κ2) is 9.60. The molecule has 2 rings (SSSR count). The lowest BCUT2D eigenvalue weighted by Gasteiger charge is -2.10. The molecule has 0 fully saturated rings. The number of rotatable bonds is 9. The van der Waals surface area contributed by atoms with Crippen LogP contribution >= 0.6 is 0 Å². The van der Waals surface area contributed by atoms with Crippen molar-refractivity contribution in [2.75, 3.05) is 31.4 Å². The standard InChI is InChI=1S/C19H26N4O3/c1-13(2)9-10-20-17-7-8-18(23-22-17)21-19(24)12-14-5-6-15(25-3)16(11-14)26-4/h5-8,11,13H,9-10,12H2,1-4H3,(H,20,22)(H,21,23,24). The molecule has 0 radical (unpaired) electrons. The number of hydrogen-bond acceptors (Lipinski definition) is 6. The fraction of sp³-hybridized carbons (Fsp3) is 0.421. The molecule has 0 saturated heterocycles. The highest BCUT2D eigenvalue weighted by atomic mass is 16.5. The van der Waals surface area contributed by atoms with E-state index in [1.165, 1.54) is 0 Å². The van der Waals surface area contributed by atoms with Gasteiger partial charge in [-0.15, -0.1) is 10.2 Å². The summed E-state index contributed by atoms with van der Waals surface area (Å²) in [6.07, 6.45) is 1.27. The Morgan fingerprint density at radius 3 is 2.35 bits per heavy atom. The van der Waals surface area contributed by atoms with Gasteiger partial charge in [0.05, 0.1) is 20.6 Å². The first-order valence-electron chi connectivity index (χ1n) is 8.60. The summed E-state index contributed by atoms with van der Waals surface area (Å²) in [5.74, 6) is 2.79. The van der Waals surface area contributed by atoms with Crippen LogP contribution in [-0.4, -0.2) is 36.9 Å². The predicted molar refractivity (Wildman–Crippen MR) is 102 cm³/mol. The van der Waals surface area contributed by atoms with Crippen molar-refractivity contribution < 1.29 is 14.3 Å². The third-order valence-electron chi connectivity index (χ3n) is 3.77. The molecule has 2 N–H and O–H groups in total. The molecule has 1 aromatic heterocycles. The summed E-state index contributed by atoms with van der Waals surface area (Å²) in [5.41, 5.74) is 0.820. The molecule has 140 valence electrons. The third-order valence-corrected chi connectivity index (χ3v) is 3.77. The number of anilines is 2. The smallest absolute Gasteiger partial charge is 0.229 e. The first kappa shape index (κ1) is 19.5. The minimum absolute atomic E-state index is 0.174. The summed E-state index contributed by atoms with van der Waals surface area (Å²) >= 11 is 0. The van der Waals surface area contributed by atoms with Gasteiger partial charge < -0.3 is 20.1 Å². The number of carbonyl (C=O) groups excluding carboxylic acids is 1. The highest BCUT2D eigenvalue weighted by molar-refractivity contribution is 5.91. The van der Waals surface area contributed by atoms with E-state index in [0.29, 0.717) is 29.1 Å². The molecule has 1 amide bonds. The first-order valence-corrected chi connectivity index (χ1v) is 8.60. The molecule has 1 aromatic carbocycles. The van der Waals surface area contributed by atoms with E-state index < -0.39 is 0 Å². The molecule has 0 saturated carbocycles. The number of aromatic nitrogens is 2. The minimum Gasteiger partial charge on any atom is -0.493 e. The number of hydrogen-bond donors (Lipinski definition) is 2. The zero-order valence-corrected chi connectivity index (χ0v) is 15.7. The largest absolute Gasteiger partial charge is 0.493 e. The molecule has 1 heterocycles. The molecule has 0 bridgehead atoms. The van der Waals surface area contributed by atoms with Crippen molar-refractivity contribution in [3.63, 3.8) is 0 Å². The molecule has 0 unspecified atom stereocenters. The summed E-state index contributed by atoms with van der Waals surface area (Å²) in [4.78, 5) is 12.2. The lowest BCUT2D eigenvalue weighted by atomic mass is 10.1. The fourth-order valence-corrected chi connectivity index (χ4v) is 2.35. The summed E-state index contributed by atoms with van der Waals surface area (Å²) in [6.45, 7) is 5.19. The Balaban J connectivity index is 1.89. The Labute approximate surface area is 154 Å². The number of methoxy groups -OCH3 is 2. The third kappa shape index (κ3) is 5.91. The van der Waals surface area contributed by atoms with Gasteiger partial charge in [-0.2, -0.15) is 0 Å². The van der Waals surface area contributed by atoms with Gasteiger partial charge in [-0.05, 0) is 42.2 Å². The number of benzene rings is 1. The maximum Gasteiger partial charge on any atom is 0.229 e. The van der Waals surface area contributed by atoms with Crippen molar-refractivity contribution in [3.8, 4) is 11.5 Å². The van der Waals surface area contributed by atoms with Crippen LogP contribution in [0.2, 0.25) is 0 Å². The van der Waals surface area contributed by atoms with Gasteiger partial charge >= 0.3 is 0 Å². The maximum atomic E-state index is 12.2. The van der Waals surface area contributed by atoms with E-state index in [1.54, 1.807) is 38.5 Å². The maximum absolute atomic E-state index is 12.2. The van der Waals surface area contributed by atoms with Gasteiger partial charge in [0.1, 0.15) is 5.82 Å². The number of nitrogens with one attached hydrogen (secondary N) is 2. The van der Waals surface area contributed by atoms with E-state index in [9.17, 15) is 4.79 Å². The number of amides is 1. The van der Waals surface area contributed by atoms with Gasteiger partial charge in [-0.25, -0.2) is 0 Å². The highest BCUT2D eigenvalue weighted by Gasteiger charge is 2.09. The van der Waals surface area contributed by atoms with Crippen molar-refractivity contribution in [1.82, 2.24) is 10.2 Å². The second-order valence-electron chi connectivity index (χ2n) is 6.33. The summed E-state index contributed by atoms with van der Waals surface area (Å²) in [7, 11) is 3.14. The van der Waals surface area contributed by atoms with E-state index in [-0.39, 0.29) is 12.3 Å². The van der Waals surface area contributed by atoms with E-state index in [4.69, 9.17) is 9.47 Å². The molecule has 0 spiro atoms. The van der Waals surface area contributed by atoms with Crippen LogP contribution in [0.3, 0.4) is 0 Å². The average molecular weight is 358 g/mol. The molecule has 0 aliphatic heterocycles. The Kier molecular flexibility index (Phi) is 7.20. The van der Waals surface area contributed by atoms with Crippen LogP contribution in [0.1, 0.15) is 25.8 Å². The Hall–Kier alpha value is -2.83. The van der Waals surface area contributed by atoms with Crippen LogP contribution in [0.15, 0.2) is 30.3 Å².